The molecular weight excluding hydrogens is 214 g/mol. The SMILES string of the molecule is CCC(C)NC(=O)c1cc(C)c(C)cc1OC. The van der Waals surface area contributed by atoms with Crippen LogP contribution in [0.5, 0.6) is 5.75 Å². The lowest BCUT2D eigenvalue weighted by molar-refractivity contribution is 0.0936. The van der Waals surface area contributed by atoms with Crippen molar-refractivity contribution in [1.82, 2.24) is 5.32 Å². The average molecular weight is 235 g/mol. The Bertz CT molecular complexity index is 413. The van der Waals surface area contributed by atoms with Crippen molar-refractivity contribution in [3.05, 3.63) is 28.8 Å². The number of benzene rings is 1. The van der Waals surface area contributed by atoms with Gasteiger partial charge < -0.3 is 10.1 Å². The molecule has 1 aromatic rings. The molecule has 0 aromatic heterocycles. The number of carbonyl (C=O) groups is 1. The quantitative estimate of drug-likeness (QED) is 0.871. The van der Waals surface area contributed by atoms with Gasteiger partial charge in [0.15, 0.2) is 0 Å². The summed E-state index contributed by atoms with van der Waals surface area (Å²) in [4.78, 5) is 12.1. The molecule has 1 amide bonds. The van der Waals surface area contributed by atoms with Crippen molar-refractivity contribution in [3.63, 3.8) is 0 Å². The predicted molar refractivity (Wildman–Crippen MR) is 69.7 cm³/mol. The Kier molecular flexibility index (Phi) is 4.55. The van der Waals surface area contributed by atoms with Crippen molar-refractivity contribution < 1.29 is 9.53 Å². The van der Waals surface area contributed by atoms with Crippen LogP contribution < -0.4 is 10.1 Å². The molecule has 1 atom stereocenters. The number of rotatable bonds is 4. The highest BCUT2D eigenvalue weighted by atomic mass is 16.5. The van der Waals surface area contributed by atoms with E-state index in [-0.39, 0.29) is 11.9 Å². The number of amides is 1. The standard InChI is InChI=1S/C14H21NO2/c1-6-11(4)15-14(16)12-7-9(2)10(3)8-13(12)17-5/h7-8,11H,6H2,1-5H3,(H,15,16). The topological polar surface area (TPSA) is 38.3 Å². The monoisotopic (exact) mass is 235 g/mol. The smallest absolute Gasteiger partial charge is 0.255 e. The Morgan fingerprint density at radius 1 is 1.35 bits per heavy atom. The number of hydrogen-bond acceptors (Lipinski definition) is 2. The molecule has 0 bridgehead atoms. The number of carbonyl (C=O) groups excluding carboxylic acids is 1. The molecule has 0 aliphatic rings. The summed E-state index contributed by atoms with van der Waals surface area (Å²) in [5, 5.41) is 2.95. The maximum Gasteiger partial charge on any atom is 0.255 e. The lowest BCUT2D eigenvalue weighted by Crippen LogP contribution is -2.32. The molecule has 17 heavy (non-hydrogen) atoms. The van der Waals surface area contributed by atoms with Gasteiger partial charge in [-0.05, 0) is 50.5 Å². The highest BCUT2D eigenvalue weighted by Crippen LogP contribution is 2.23. The van der Waals surface area contributed by atoms with Crippen molar-refractivity contribution in [2.45, 2.75) is 40.2 Å². The normalized spacial score (nSPS) is 12.1. The fourth-order valence-corrected chi connectivity index (χ4v) is 1.54. The second-order valence-electron chi connectivity index (χ2n) is 4.42. The summed E-state index contributed by atoms with van der Waals surface area (Å²) < 4.78 is 5.26. The lowest BCUT2D eigenvalue weighted by Gasteiger charge is -2.15. The second kappa shape index (κ2) is 5.71. The van der Waals surface area contributed by atoms with E-state index in [0.29, 0.717) is 11.3 Å². The summed E-state index contributed by atoms with van der Waals surface area (Å²) in [5.74, 6) is 0.563. The highest BCUT2D eigenvalue weighted by Gasteiger charge is 2.15. The summed E-state index contributed by atoms with van der Waals surface area (Å²) in [5.41, 5.74) is 2.83. The van der Waals surface area contributed by atoms with Gasteiger partial charge in [-0.3, -0.25) is 4.79 Å². The fraction of sp³-hybridized carbons (Fsp3) is 0.500. The van der Waals surface area contributed by atoms with Crippen molar-refractivity contribution in [2.24, 2.45) is 0 Å². The van der Waals surface area contributed by atoms with Gasteiger partial charge in [0, 0.05) is 6.04 Å². The molecule has 0 aliphatic carbocycles. The first-order valence-corrected chi connectivity index (χ1v) is 5.95. The predicted octanol–water partition coefficient (Wildman–Crippen LogP) is 2.84. The van der Waals surface area contributed by atoms with E-state index >= 15 is 0 Å². The van der Waals surface area contributed by atoms with Crippen molar-refractivity contribution in [2.75, 3.05) is 7.11 Å². The van der Waals surface area contributed by atoms with Gasteiger partial charge in [-0.15, -0.1) is 0 Å². The second-order valence-corrected chi connectivity index (χ2v) is 4.42. The summed E-state index contributed by atoms with van der Waals surface area (Å²) >= 11 is 0. The third-order valence-corrected chi connectivity index (χ3v) is 3.05. The van der Waals surface area contributed by atoms with Gasteiger partial charge in [0.2, 0.25) is 0 Å². The van der Waals surface area contributed by atoms with E-state index in [0.717, 1.165) is 17.5 Å². The highest BCUT2D eigenvalue weighted by molar-refractivity contribution is 5.97. The summed E-state index contributed by atoms with van der Waals surface area (Å²) in [6.07, 6.45) is 0.916. The first-order valence-electron chi connectivity index (χ1n) is 5.95. The molecule has 3 nitrogen and oxygen atoms in total. The average Bonchev–Trinajstić information content (AvgIpc) is 2.31. The minimum atomic E-state index is -0.0701. The van der Waals surface area contributed by atoms with E-state index < -0.39 is 0 Å². The number of ether oxygens (including phenoxy) is 1. The first-order chi connectivity index (χ1) is 7.99. The maximum atomic E-state index is 12.1. The molecule has 0 spiro atoms. The molecule has 0 aliphatic heterocycles. The molecule has 94 valence electrons. The molecule has 0 radical (unpaired) electrons. The third-order valence-electron chi connectivity index (χ3n) is 3.05. The van der Waals surface area contributed by atoms with Gasteiger partial charge in [-0.2, -0.15) is 0 Å². The molecule has 0 heterocycles. The fourth-order valence-electron chi connectivity index (χ4n) is 1.54. The largest absolute Gasteiger partial charge is 0.496 e. The number of hydrogen-bond donors (Lipinski definition) is 1. The minimum Gasteiger partial charge on any atom is -0.496 e. The van der Waals surface area contributed by atoms with Crippen LogP contribution in [-0.2, 0) is 0 Å². The van der Waals surface area contributed by atoms with Gasteiger partial charge in [0.05, 0.1) is 12.7 Å². The molecule has 3 heteroatoms. The molecule has 1 N–H and O–H groups in total. The Morgan fingerprint density at radius 3 is 2.47 bits per heavy atom. The Morgan fingerprint density at radius 2 is 1.94 bits per heavy atom. The van der Waals surface area contributed by atoms with Crippen LogP contribution in [0.25, 0.3) is 0 Å². The van der Waals surface area contributed by atoms with Gasteiger partial charge in [0.1, 0.15) is 5.75 Å². The molecule has 1 aromatic carbocycles. The molecule has 0 saturated carbocycles. The van der Waals surface area contributed by atoms with Crippen LogP contribution in [0.3, 0.4) is 0 Å². The summed E-state index contributed by atoms with van der Waals surface area (Å²) in [6.45, 7) is 8.04. The Hall–Kier alpha value is -1.51. The van der Waals surface area contributed by atoms with E-state index in [9.17, 15) is 4.79 Å². The molecular formula is C14H21NO2. The zero-order valence-electron chi connectivity index (χ0n) is 11.3. The van der Waals surface area contributed by atoms with Gasteiger partial charge in [0.25, 0.3) is 5.91 Å². The Balaban J connectivity index is 3.03. The van der Waals surface area contributed by atoms with E-state index in [1.165, 1.54) is 0 Å². The first kappa shape index (κ1) is 13.6. The van der Waals surface area contributed by atoms with E-state index in [2.05, 4.69) is 5.32 Å². The van der Waals surface area contributed by atoms with Crippen molar-refractivity contribution in [3.8, 4) is 5.75 Å². The Labute approximate surface area is 103 Å². The van der Waals surface area contributed by atoms with Crippen LogP contribution >= 0.6 is 0 Å². The zero-order valence-corrected chi connectivity index (χ0v) is 11.3. The van der Waals surface area contributed by atoms with Crippen LogP contribution in [-0.4, -0.2) is 19.1 Å². The van der Waals surface area contributed by atoms with Crippen molar-refractivity contribution >= 4 is 5.91 Å². The number of aryl methyl sites for hydroxylation is 2. The van der Waals surface area contributed by atoms with Crippen LogP contribution in [0.4, 0.5) is 0 Å². The van der Waals surface area contributed by atoms with Crippen LogP contribution in [0.1, 0.15) is 41.8 Å². The number of nitrogens with one attached hydrogen (secondary N) is 1. The van der Waals surface area contributed by atoms with Crippen LogP contribution in [0.15, 0.2) is 12.1 Å². The number of methoxy groups -OCH3 is 1. The summed E-state index contributed by atoms with van der Waals surface area (Å²) in [7, 11) is 1.59. The minimum absolute atomic E-state index is 0.0701. The van der Waals surface area contributed by atoms with Crippen molar-refractivity contribution in [1.29, 1.82) is 0 Å². The van der Waals surface area contributed by atoms with Gasteiger partial charge in [-0.1, -0.05) is 6.92 Å². The maximum absolute atomic E-state index is 12.1. The molecule has 0 saturated heterocycles. The molecule has 1 unspecified atom stereocenters. The van der Waals surface area contributed by atoms with E-state index in [4.69, 9.17) is 4.74 Å². The van der Waals surface area contributed by atoms with Crippen LogP contribution in [0, 0.1) is 13.8 Å². The third kappa shape index (κ3) is 3.22. The van der Waals surface area contributed by atoms with Crippen LogP contribution in [0.2, 0.25) is 0 Å². The van der Waals surface area contributed by atoms with Gasteiger partial charge in [-0.25, -0.2) is 0 Å². The lowest BCUT2D eigenvalue weighted by atomic mass is 10.0. The van der Waals surface area contributed by atoms with Gasteiger partial charge >= 0.3 is 0 Å². The zero-order chi connectivity index (χ0) is 13.0. The molecule has 0 fully saturated rings. The summed E-state index contributed by atoms with van der Waals surface area (Å²) in [6, 6.07) is 3.96. The van der Waals surface area contributed by atoms with E-state index in [1.54, 1.807) is 7.11 Å². The molecule has 1 rings (SSSR count). The van der Waals surface area contributed by atoms with E-state index in [1.807, 2.05) is 39.8 Å².